The van der Waals surface area contributed by atoms with Crippen molar-refractivity contribution >= 4 is 33.6 Å². The number of morpholine rings is 1. The molecular weight excluding hydrogens is 424 g/mol. The van der Waals surface area contributed by atoms with E-state index < -0.39 is 15.8 Å². The monoisotopic (exact) mass is 454 g/mol. The summed E-state index contributed by atoms with van der Waals surface area (Å²) in [7, 11) is -3.66. The molecule has 172 valence electrons. The molecule has 31 heavy (non-hydrogen) atoms. The van der Waals surface area contributed by atoms with Crippen LogP contribution in [0.1, 0.15) is 26.3 Å². The summed E-state index contributed by atoms with van der Waals surface area (Å²) in [4.78, 5) is 24.4. The van der Waals surface area contributed by atoms with Crippen molar-refractivity contribution in [3.8, 4) is 0 Å². The van der Waals surface area contributed by atoms with Gasteiger partial charge in [-0.15, -0.1) is 0 Å². The molecule has 11 nitrogen and oxygen atoms in total. The van der Waals surface area contributed by atoms with E-state index in [1.54, 1.807) is 0 Å². The Labute approximate surface area is 182 Å². The van der Waals surface area contributed by atoms with Gasteiger partial charge < -0.3 is 21.1 Å². The van der Waals surface area contributed by atoms with Crippen molar-refractivity contribution in [1.29, 1.82) is 0 Å². The smallest absolute Gasteiger partial charge is 0.264 e. The molecule has 0 aliphatic carbocycles. The predicted octanol–water partition coefficient (Wildman–Crippen LogP) is 0.168. The van der Waals surface area contributed by atoms with Crippen molar-refractivity contribution in [2.75, 3.05) is 37.0 Å². The number of nitrogens with two attached hydrogens (primary N) is 2. The minimum atomic E-state index is -3.66. The highest BCUT2D eigenvalue weighted by molar-refractivity contribution is 7.85. The van der Waals surface area contributed by atoms with E-state index in [1.807, 2.05) is 47.9 Å². The van der Waals surface area contributed by atoms with E-state index in [9.17, 15) is 13.2 Å². The summed E-state index contributed by atoms with van der Waals surface area (Å²) < 4.78 is 32.2. The first-order chi connectivity index (χ1) is 14.4. The standard InChI is InChI=1S/C17H24N6O2.C2H6O3S/c1-17(2)21-15(18)20-16(19)23(17)13-5-3-12(4-6-13)11-14(24)22-7-9-25-10-8-22;1-2-6(3,4)5/h3-6H,7-11H2,1-2H3,(H4,18,19,20,21);2H2,1H3,(H,3,4,5). The minimum Gasteiger partial charge on any atom is -0.378 e. The van der Waals surface area contributed by atoms with Crippen molar-refractivity contribution in [3.63, 3.8) is 0 Å². The van der Waals surface area contributed by atoms with E-state index in [4.69, 9.17) is 20.8 Å². The fraction of sp³-hybridized carbons (Fsp3) is 0.526. The zero-order valence-corrected chi connectivity index (χ0v) is 18.8. The van der Waals surface area contributed by atoms with Crippen LogP contribution in [0.2, 0.25) is 0 Å². The maximum atomic E-state index is 12.3. The average molecular weight is 455 g/mol. The first-order valence-electron chi connectivity index (χ1n) is 9.82. The van der Waals surface area contributed by atoms with Gasteiger partial charge in [0.25, 0.3) is 10.1 Å². The van der Waals surface area contributed by atoms with Crippen LogP contribution in [-0.2, 0) is 26.1 Å². The molecule has 2 aliphatic rings. The summed E-state index contributed by atoms with van der Waals surface area (Å²) in [6, 6.07) is 7.70. The Morgan fingerprint density at radius 2 is 1.74 bits per heavy atom. The van der Waals surface area contributed by atoms with Gasteiger partial charge in [-0.25, -0.2) is 4.99 Å². The van der Waals surface area contributed by atoms with Gasteiger partial charge in [0.1, 0.15) is 5.66 Å². The van der Waals surface area contributed by atoms with Gasteiger partial charge >= 0.3 is 0 Å². The molecule has 1 amide bonds. The lowest BCUT2D eigenvalue weighted by atomic mass is 10.1. The maximum absolute atomic E-state index is 12.3. The number of guanidine groups is 2. The molecule has 0 unspecified atom stereocenters. The number of hydrogen-bond acceptors (Lipinski definition) is 9. The third kappa shape index (κ3) is 7.19. The number of amides is 1. The Bertz CT molecular complexity index is 937. The van der Waals surface area contributed by atoms with Crippen LogP contribution in [0.4, 0.5) is 5.69 Å². The zero-order chi connectivity index (χ0) is 23.2. The molecule has 1 aromatic carbocycles. The van der Waals surface area contributed by atoms with Gasteiger partial charge in [0.2, 0.25) is 17.8 Å². The highest BCUT2D eigenvalue weighted by Gasteiger charge is 2.32. The van der Waals surface area contributed by atoms with Crippen LogP contribution in [0.3, 0.4) is 0 Å². The molecule has 1 aromatic rings. The minimum absolute atomic E-state index is 0.118. The summed E-state index contributed by atoms with van der Waals surface area (Å²) in [6.45, 7) is 7.73. The van der Waals surface area contributed by atoms with Crippen LogP contribution >= 0.6 is 0 Å². The Morgan fingerprint density at radius 1 is 1.19 bits per heavy atom. The molecular formula is C19H30N6O5S. The molecule has 0 spiro atoms. The summed E-state index contributed by atoms with van der Waals surface area (Å²) in [5, 5.41) is 0. The molecule has 1 fully saturated rings. The van der Waals surface area contributed by atoms with E-state index in [0.717, 1.165) is 11.3 Å². The number of carbonyl (C=O) groups excluding carboxylic acids is 1. The number of benzene rings is 1. The van der Waals surface area contributed by atoms with Crippen LogP contribution < -0.4 is 16.4 Å². The summed E-state index contributed by atoms with van der Waals surface area (Å²) >= 11 is 0. The highest BCUT2D eigenvalue weighted by atomic mass is 32.2. The molecule has 0 bridgehead atoms. The first-order valence-corrected chi connectivity index (χ1v) is 11.4. The maximum Gasteiger partial charge on any atom is 0.264 e. The molecule has 0 radical (unpaired) electrons. The molecule has 0 atom stereocenters. The quantitative estimate of drug-likeness (QED) is 0.542. The van der Waals surface area contributed by atoms with Gasteiger partial charge in [-0.3, -0.25) is 14.2 Å². The summed E-state index contributed by atoms with van der Waals surface area (Å²) in [6.07, 6.45) is 0.373. The molecule has 0 aromatic heterocycles. The number of hydrogen-bond donors (Lipinski definition) is 3. The number of nitrogens with zero attached hydrogens (tertiary/aromatic N) is 4. The van der Waals surface area contributed by atoms with E-state index >= 15 is 0 Å². The lowest BCUT2D eigenvalue weighted by Gasteiger charge is -2.38. The van der Waals surface area contributed by atoms with Crippen LogP contribution in [-0.4, -0.2) is 73.4 Å². The van der Waals surface area contributed by atoms with Crippen LogP contribution in [0, 0.1) is 0 Å². The first kappa shape index (κ1) is 24.6. The number of anilines is 1. The number of aliphatic imine (C=N–C) groups is 2. The third-order valence-electron chi connectivity index (χ3n) is 4.67. The van der Waals surface area contributed by atoms with Gasteiger partial charge in [0.05, 0.1) is 25.4 Å². The summed E-state index contributed by atoms with van der Waals surface area (Å²) in [5.41, 5.74) is 12.9. The second kappa shape index (κ2) is 10.1. The predicted molar refractivity (Wildman–Crippen MR) is 119 cm³/mol. The number of rotatable bonds is 4. The van der Waals surface area contributed by atoms with Crippen molar-refractivity contribution in [2.24, 2.45) is 21.5 Å². The topological polar surface area (TPSA) is 164 Å². The number of ether oxygens (including phenoxy) is 1. The second-order valence-electron chi connectivity index (χ2n) is 7.48. The lowest BCUT2D eigenvalue weighted by molar-refractivity contribution is -0.134. The normalized spacial score (nSPS) is 18.5. The molecule has 2 heterocycles. The highest BCUT2D eigenvalue weighted by Crippen LogP contribution is 2.27. The van der Waals surface area contributed by atoms with Gasteiger partial charge in [0, 0.05) is 18.8 Å². The van der Waals surface area contributed by atoms with Crippen LogP contribution in [0.5, 0.6) is 0 Å². The van der Waals surface area contributed by atoms with Crippen molar-refractivity contribution in [3.05, 3.63) is 29.8 Å². The Hall–Kier alpha value is -2.70. The summed E-state index contributed by atoms with van der Waals surface area (Å²) in [5.74, 6) is 0.390. The molecule has 12 heteroatoms. The molecule has 5 N–H and O–H groups in total. The van der Waals surface area contributed by atoms with Crippen LogP contribution in [0.25, 0.3) is 0 Å². The zero-order valence-electron chi connectivity index (χ0n) is 18.0. The van der Waals surface area contributed by atoms with E-state index in [0.29, 0.717) is 38.7 Å². The Morgan fingerprint density at radius 3 is 2.23 bits per heavy atom. The van der Waals surface area contributed by atoms with Crippen molar-refractivity contribution < 1.29 is 22.5 Å². The fourth-order valence-corrected chi connectivity index (χ4v) is 3.11. The van der Waals surface area contributed by atoms with Crippen molar-refractivity contribution in [1.82, 2.24) is 4.90 Å². The van der Waals surface area contributed by atoms with Crippen molar-refractivity contribution in [2.45, 2.75) is 32.9 Å². The van der Waals surface area contributed by atoms with E-state index in [-0.39, 0.29) is 17.6 Å². The van der Waals surface area contributed by atoms with Gasteiger partial charge in [-0.1, -0.05) is 12.1 Å². The molecule has 1 saturated heterocycles. The lowest BCUT2D eigenvalue weighted by Crippen LogP contribution is -2.54. The molecule has 0 saturated carbocycles. The van der Waals surface area contributed by atoms with E-state index in [1.165, 1.54) is 6.92 Å². The molecule has 2 aliphatic heterocycles. The van der Waals surface area contributed by atoms with Gasteiger partial charge in [0.15, 0.2) is 0 Å². The SMILES string of the molecule is CC1(C)N=C(N)N=C(N)N1c1ccc(CC(=O)N2CCOCC2)cc1.CCS(=O)(=O)O. The number of carbonyl (C=O) groups is 1. The average Bonchev–Trinajstić information content (AvgIpc) is 2.68. The fourth-order valence-electron chi connectivity index (χ4n) is 3.11. The second-order valence-corrected chi connectivity index (χ2v) is 9.22. The van der Waals surface area contributed by atoms with E-state index in [2.05, 4.69) is 9.98 Å². The van der Waals surface area contributed by atoms with Gasteiger partial charge in [-0.05, 0) is 38.5 Å². The largest absolute Gasteiger partial charge is 0.378 e. The van der Waals surface area contributed by atoms with Gasteiger partial charge in [-0.2, -0.15) is 13.4 Å². The molecule has 3 rings (SSSR count). The Kier molecular flexibility index (Phi) is 7.98. The Balaban J connectivity index is 0.000000501. The van der Waals surface area contributed by atoms with Crippen LogP contribution in [0.15, 0.2) is 34.3 Å². The third-order valence-corrected chi connectivity index (χ3v) is 5.40.